The Morgan fingerprint density at radius 1 is 1.30 bits per heavy atom. The van der Waals surface area contributed by atoms with E-state index in [9.17, 15) is 9.59 Å². The zero-order valence-corrected chi connectivity index (χ0v) is 15.5. The highest BCUT2D eigenvalue weighted by Gasteiger charge is 2.17. The molecule has 124 valence electrons. The topological polar surface area (TPSA) is 51.1 Å². The molecule has 0 saturated heterocycles. The molecule has 2 rings (SSSR count). The first-order valence-corrected chi connectivity index (χ1v) is 9.57. The monoisotopic (exact) mass is 350 g/mol. The van der Waals surface area contributed by atoms with Crippen LogP contribution in [-0.4, -0.2) is 23.3 Å². The van der Waals surface area contributed by atoms with Crippen molar-refractivity contribution in [1.29, 1.82) is 0 Å². The van der Waals surface area contributed by atoms with E-state index in [2.05, 4.69) is 5.32 Å². The third kappa shape index (κ3) is 4.48. The summed E-state index contributed by atoms with van der Waals surface area (Å²) in [7, 11) is 0. The lowest BCUT2D eigenvalue weighted by atomic mass is 10.2. The minimum Gasteiger partial charge on any atom is -0.351 e. The van der Waals surface area contributed by atoms with Crippen LogP contribution in [0.1, 0.15) is 34.8 Å². The Morgan fingerprint density at radius 3 is 2.52 bits per heavy atom. The third-order valence-electron chi connectivity index (χ3n) is 3.52. The second-order valence-electron chi connectivity index (χ2n) is 5.82. The molecule has 0 aliphatic heterocycles. The molecule has 2 aromatic rings. The number of carbonyl (C=O) groups is 1. The summed E-state index contributed by atoms with van der Waals surface area (Å²) >= 11 is 2.71. The van der Waals surface area contributed by atoms with Gasteiger partial charge in [-0.2, -0.15) is 0 Å². The fraction of sp³-hybridized carbons (Fsp3) is 0.412. The molecule has 0 aliphatic rings. The Bertz CT molecular complexity index is 730. The number of nitrogens with zero attached hydrogens (tertiary/aromatic N) is 1. The van der Waals surface area contributed by atoms with E-state index in [0.717, 1.165) is 22.6 Å². The van der Waals surface area contributed by atoms with Crippen LogP contribution in [0.15, 0.2) is 34.0 Å². The van der Waals surface area contributed by atoms with Crippen LogP contribution in [0.5, 0.6) is 0 Å². The summed E-state index contributed by atoms with van der Waals surface area (Å²) in [6.45, 7) is 7.02. The van der Waals surface area contributed by atoms with Gasteiger partial charge in [0.1, 0.15) is 4.88 Å². The van der Waals surface area contributed by atoms with Gasteiger partial charge in [0.15, 0.2) is 0 Å². The molecule has 1 amide bonds. The molecule has 0 fully saturated rings. The number of amides is 1. The smallest absolute Gasteiger partial charge is 0.308 e. The first-order valence-electron chi connectivity index (χ1n) is 7.53. The molecule has 0 spiro atoms. The molecular weight excluding hydrogens is 328 g/mol. The maximum absolute atomic E-state index is 12.2. The molecule has 1 N–H and O–H groups in total. The molecule has 0 saturated carbocycles. The third-order valence-corrected chi connectivity index (χ3v) is 5.34. The number of nitrogens with one attached hydrogen (secondary N) is 1. The molecule has 23 heavy (non-hydrogen) atoms. The highest BCUT2D eigenvalue weighted by atomic mass is 32.2. The van der Waals surface area contributed by atoms with E-state index in [1.165, 1.54) is 4.90 Å². The van der Waals surface area contributed by atoms with Crippen LogP contribution in [0.3, 0.4) is 0 Å². The maximum Gasteiger partial charge on any atom is 0.308 e. The van der Waals surface area contributed by atoms with Gasteiger partial charge < -0.3 is 5.32 Å². The number of hydrogen-bond donors (Lipinski definition) is 1. The first-order chi connectivity index (χ1) is 10.9. The van der Waals surface area contributed by atoms with Crippen LogP contribution in [0.4, 0.5) is 0 Å². The molecule has 6 heteroatoms. The predicted molar refractivity (Wildman–Crippen MR) is 97.8 cm³/mol. The largest absolute Gasteiger partial charge is 0.351 e. The fourth-order valence-corrected chi connectivity index (χ4v) is 3.48. The van der Waals surface area contributed by atoms with Crippen molar-refractivity contribution in [1.82, 2.24) is 9.88 Å². The Labute approximate surface area is 144 Å². The van der Waals surface area contributed by atoms with E-state index < -0.39 is 0 Å². The molecule has 0 unspecified atom stereocenters. The summed E-state index contributed by atoms with van der Waals surface area (Å²) in [5.74, 6) is 0.225. The van der Waals surface area contributed by atoms with Crippen LogP contribution in [0.25, 0.3) is 0 Å². The van der Waals surface area contributed by atoms with E-state index >= 15 is 0 Å². The Balaban J connectivity index is 2.19. The van der Waals surface area contributed by atoms with Crippen molar-refractivity contribution in [3.05, 3.63) is 50.1 Å². The van der Waals surface area contributed by atoms with Crippen LogP contribution >= 0.6 is 23.1 Å². The van der Waals surface area contributed by atoms with Gasteiger partial charge in [-0.25, -0.2) is 0 Å². The number of aromatic nitrogens is 1. The minimum atomic E-state index is -0.158. The second-order valence-corrected chi connectivity index (χ2v) is 7.66. The summed E-state index contributed by atoms with van der Waals surface area (Å²) in [6.07, 6.45) is 2.03. The second kappa shape index (κ2) is 7.84. The van der Waals surface area contributed by atoms with E-state index in [1.807, 2.05) is 51.3 Å². The van der Waals surface area contributed by atoms with Gasteiger partial charge >= 0.3 is 4.87 Å². The molecule has 0 bridgehead atoms. The van der Waals surface area contributed by atoms with Crippen molar-refractivity contribution in [2.75, 3.05) is 12.8 Å². The van der Waals surface area contributed by atoms with Crippen molar-refractivity contribution < 1.29 is 4.79 Å². The maximum atomic E-state index is 12.2. The normalized spacial score (nSPS) is 11.0. The Morgan fingerprint density at radius 2 is 1.96 bits per heavy atom. The SMILES string of the molecule is CSc1ccc(Cn2c(C)c(C(=O)NCC(C)C)sc2=O)cc1. The number of rotatable bonds is 6. The lowest BCUT2D eigenvalue weighted by Gasteiger charge is -2.08. The summed E-state index contributed by atoms with van der Waals surface area (Å²) in [6, 6.07) is 8.13. The van der Waals surface area contributed by atoms with Crippen LogP contribution < -0.4 is 10.2 Å². The number of thiazole rings is 1. The van der Waals surface area contributed by atoms with E-state index in [-0.39, 0.29) is 10.8 Å². The van der Waals surface area contributed by atoms with Gasteiger partial charge in [0.2, 0.25) is 0 Å². The van der Waals surface area contributed by atoms with Gasteiger partial charge in [-0.1, -0.05) is 37.3 Å². The standard InChI is InChI=1S/C17H22N2O2S2/c1-11(2)9-18-16(20)15-12(3)19(17(21)23-15)10-13-5-7-14(22-4)8-6-13/h5-8,11H,9-10H2,1-4H3,(H,18,20). The molecular formula is C17H22N2O2S2. The summed E-state index contributed by atoms with van der Waals surface area (Å²) in [5, 5.41) is 2.88. The van der Waals surface area contributed by atoms with Crippen molar-refractivity contribution in [2.45, 2.75) is 32.2 Å². The van der Waals surface area contributed by atoms with Crippen molar-refractivity contribution in [3.63, 3.8) is 0 Å². The average molecular weight is 351 g/mol. The fourth-order valence-electron chi connectivity index (χ4n) is 2.16. The van der Waals surface area contributed by atoms with E-state index in [0.29, 0.717) is 23.9 Å². The zero-order valence-electron chi connectivity index (χ0n) is 13.9. The van der Waals surface area contributed by atoms with Crippen molar-refractivity contribution in [3.8, 4) is 0 Å². The van der Waals surface area contributed by atoms with Gasteiger partial charge in [-0.3, -0.25) is 14.2 Å². The van der Waals surface area contributed by atoms with E-state index in [4.69, 9.17) is 0 Å². The predicted octanol–water partition coefficient (Wildman–Crippen LogP) is 3.37. The summed E-state index contributed by atoms with van der Waals surface area (Å²) in [4.78, 5) is 26.1. The van der Waals surface area contributed by atoms with Crippen LogP contribution in [0.2, 0.25) is 0 Å². The van der Waals surface area contributed by atoms with Gasteiger partial charge in [0.25, 0.3) is 5.91 Å². The molecule has 0 atom stereocenters. The van der Waals surface area contributed by atoms with Crippen LogP contribution in [0, 0.1) is 12.8 Å². The van der Waals surface area contributed by atoms with Crippen LogP contribution in [-0.2, 0) is 6.54 Å². The van der Waals surface area contributed by atoms with Crippen molar-refractivity contribution >= 4 is 29.0 Å². The molecule has 4 nitrogen and oxygen atoms in total. The molecule has 0 radical (unpaired) electrons. The zero-order chi connectivity index (χ0) is 17.0. The van der Waals surface area contributed by atoms with Crippen molar-refractivity contribution in [2.24, 2.45) is 5.92 Å². The van der Waals surface area contributed by atoms with Gasteiger partial charge in [-0.15, -0.1) is 11.8 Å². The van der Waals surface area contributed by atoms with Gasteiger partial charge in [-0.05, 0) is 36.8 Å². The Kier molecular flexibility index (Phi) is 6.07. The lowest BCUT2D eigenvalue weighted by Crippen LogP contribution is -2.27. The quantitative estimate of drug-likeness (QED) is 0.813. The Hall–Kier alpha value is -1.53. The molecule has 0 aliphatic carbocycles. The number of thioether (sulfide) groups is 1. The lowest BCUT2D eigenvalue weighted by molar-refractivity contribution is 0.0952. The summed E-state index contributed by atoms with van der Waals surface area (Å²) < 4.78 is 1.67. The summed E-state index contributed by atoms with van der Waals surface area (Å²) in [5.41, 5.74) is 1.79. The average Bonchev–Trinajstić information content (AvgIpc) is 2.81. The molecule has 1 heterocycles. The highest BCUT2D eigenvalue weighted by Crippen LogP contribution is 2.17. The molecule has 1 aromatic carbocycles. The number of hydrogen-bond acceptors (Lipinski definition) is 4. The minimum absolute atomic E-state index is 0.0915. The van der Waals surface area contributed by atoms with E-state index in [1.54, 1.807) is 16.3 Å². The number of benzene rings is 1. The first kappa shape index (κ1) is 17.8. The molecule has 1 aromatic heterocycles. The highest BCUT2D eigenvalue weighted by molar-refractivity contribution is 7.98. The number of carbonyl (C=O) groups excluding carboxylic acids is 1. The van der Waals surface area contributed by atoms with Gasteiger partial charge in [0.05, 0.1) is 6.54 Å². The van der Waals surface area contributed by atoms with Gasteiger partial charge in [0, 0.05) is 17.1 Å².